The minimum atomic E-state index is -0.476. The van der Waals surface area contributed by atoms with Gasteiger partial charge in [0.1, 0.15) is 0 Å². The Kier molecular flexibility index (Phi) is 5.26. The van der Waals surface area contributed by atoms with Gasteiger partial charge in [0.15, 0.2) is 0 Å². The Balaban J connectivity index is 2.11. The van der Waals surface area contributed by atoms with Crippen LogP contribution in [0.3, 0.4) is 0 Å². The monoisotopic (exact) mass is 361 g/mol. The molecule has 1 aliphatic heterocycles. The predicted octanol–water partition coefficient (Wildman–Crippen LogP) is 4.57. The predicted molar refractivity (Wildman–Crippen MR) is 107 cm³/mol. The van der Waals surface area contributed by atoms with E-state index in [1.165, 1.54) is 0 Å². The lowest BCUT2D eigenvalue weighted by Crippen LogP contribution is -2.24. The lowest BCUT2D eigenvalue weighted by Gasteiger charge is -2.18. The number of carbonyl (C=O) groups is 2. The van der Waals surface area contributed by atoms with Crippen molar-refractivity contribution in [1.82, 2.24) is 0 Å². The lowest BCUT2D eigenvalue weighted by molar-refractivity contribution is -0.138. The van der Waals surface area contributed by atoms with E-state index in [0.717, 1.165) is 22.4 Å². The highest BCUT2D eigenvalue weighted by atomic mass is 16.5. The number of carbonyl (C=O) groups excluding carboxylic acids is 2. The van der Waals surface area contributed by atoms with Crippen LogP contribution in [0.4, 0.5) is 5.69 Å². The van der Waals surface area contributed by atoms with Gasteiger partial charge in [-0.3, -0.25) is 9.69 Å². The SMILES string of the molecule is CCOC(=O)C1=C(C)N(c2ccc(C)cc2)C(=O)C1=Cc1ccc(C)cc1. The first-order chi connectivity index (χ1) is 12.9. The van der Waals surface area contributed by atoms with E-state index in [1.54, 1.807) is 24.8 Å². The number of hydrogen-bond donors (Lipinski definition) is 0. The first-order valence-electron chi connectivity index (χ1n) is 9.00. The van der Waals surface area contributed by atoms with Crippen LogP contribution in [-0.4, -0.2) is 18.5 Å². The van der Waals surface area contributed by atoms with Crippen LogP contribution in [0, 0.1) is 13.8 Å². The van der Waals surface area contributed by atoms with E-state index in [-0.39, 0.29) is 12.5 Å². The Morgan fingerprint density at radius 3 is 2.07 bits per heavy atom. The molecule has 3 rings (SSSR count). The molecule has 0 saturated heterocycles. The normalized spacial score (nSPS) is 15.6. The second-order valence-electron chi connectivity index (χ2n) is 6.63. The van der Waals surface area contributed by atoms with Crippen LogP contribution in [0.25, 0.3) is 6.08 Å². The zero-order chi connectivity index (χ0) is 19.6. The van der Waals surface area contributed by atoms with Crippen molar-refractivity contribution in [3.8, 4) is 0 Å². The van der Waals surface area contributed by atoms with Gasteiger partial charge in [0.25, 0.3) is 5.91 Å². The van der Waals surface area contributed by atoms with E-state index in [4.69, 9.17) is 4.74 Å². The van der Waals surface area contributed by atoms with Gasteiger partial charge in [0.05, 0.1) is 17.8 Å². The number of nitrogens with zero attached hydrogens (tertiary/aromatic N) is 1. The largest absolute Gasteiger partial charge is 0.462 e. The third kappa shape index (κ3) is 3.70. The number of aryl methyl sites for hydroxylation is 2. The average Bonchev–Trinajstić information content (AvgIpc) is 2.88. The van der Waals surface area contributed by atoms with Crippen molar-refractivity contribution >= 4 is 23.6 Å². The Labute approximate surface area is 159 Å². The molecule has 138 valence electrons. The number of amides is 1. The van der Waals surface area contributed by atoms with Crippen LogP contribution in [0.15, 0.2) is 65.4 Å². The summed E-state index contributed by atoms with van der Waals surface area (Å²) in [7, 11) is 0. The molecule has 27 heavy (non-hydrogen) atoms. The molecule has 0 unspecified atom stereocenters. The average molecular weight is 361 g/mol. The number of benzene rings is 2. The molecule has 0 N–H and O–H groups in total. The van der Waals surface area contributed by atoms with E-state index in [2.05, 4.69) is 0 Å². The van der Waals surface area contributed by atoms with Gasteiger partial charge in [-0.1, -0.05) is 47.5 Å². The van der Waals surface area contributed by atoms with Crippen molar-refractivity contribution in [1.29, 1.82) is 0 Å². The number of hydrogen-bond acceptors (Lipinski definition) is 3. The van der Waals surface area contributed by atoms with Gasteiger partial charge < -0.3 is 4.74 Å². The molecule has 4 heteroatoms. The van der Waals surface area contributed by atoms with E-state index >= 15 is 0 Å². The van der Waals surface area contributed by atoms with Gasteiger partial charge in [-0.25, -0.2) is 4.79 Å². The molecule has 1 aliphatic rings. The summed E-state index contributed by atoms with van der Waals surface area (Å²) in [6, 6.07) is 15.5. The molecule has 0 aromatic heterocycles. The van der Waals surface area contributed by atoms with Crippen molar-refractivity contribution in [3.63, 3.8) is 0 Å². The highest BCUT2D eigenvalue weighted by Crippen LogP contribution is 2.35. The van der Waals surface area contributed by atoms with Crippen LogP contribution in [0.2, 0.25) is 0 Å². The third-order valence-corrected chi connectivity index (χ3v) is 4.56. The van der Waals surface area contributed by atoms with Crippen molar-refractivity contribution < 1.29 is 14.3 Å². The van der Waals surface area contributed by atoms with Crippen molar-refractivity contribution in [2.45, 2.75) is 27.7 Å². The highest BCUT2D eigenvalue weighted by molar-refractivity contribution is 6.23. The van der Waals surface area contributed by atoms with Crippen molar-refractivity contribution in [2.24, 2.45) is 0 Å². The van der Waals surface area contributed by atoms with Gasteiger partial charge in [-0.05, 0) is 51.5 Å². The summed E-state index contributed by atoms with van der Waals surface area (Å²) < 4.78 is 5.22. The van der Waals surface area contributed by atoms with E-state index in [0.29, 0.717) is 16.8 Å². The van der Waals surface area contributed by atoms with Crippen LogP contribution in [0.5, 0.6) is 0 Å². The molecule has 1 heterocycles. The minimum absolute atomic E-state index is 0.222. The summed E-state index contributed by atoms with van der Waals surface area (Å²) in [6.07, 6.45) is 1.76. The summed E-state index contributed by atoms with van der Waals surface area (Å²) in [5.74, 6) is -0.698. The minimum Gasteiger partial charge on any atom is -0.462 e. The maximum atomic E-state index is 13.2. The van der Waals surface area contributed by atoms with E-state index < -0.39 is 5.97 Å². The number of rotatable bonds is 4. The molecule has 1 amide bonds. The van der Waals surface area contributed by atoms with Crippen LogP contribution >= 0.6 is 0 Å². The molecule has 4 nitrogen and oxygen atoms in total. The Morgan fingerprint density at radius 1 is 0.963 bits per heavy atom. The van der Waals surface area contributed by atoms with E-state index in [9.17, 15) is 9.59 Å². The first-order valence-corrected chi connectivity index (χ1v) is 9.00. The molecule has 0 fully saturated rings. The van der Waals surface area contributed by atoms with Gasteiger partial charge in [-0.15, -0.1) is 0 Å². The van der Waals surface area contributed by atoms with Gasteiger partial charge in [0.2, 0.25) is 0 Å². The third-order valence-electron chi connectivity index (χ3n) is 4.56. The fourth-order valence-electron chi connectivity index (χ4n) is 3.12. The van der Waals surface area contributed by atoms with Crippen LogP contribution in [-0.2, 0) is 14.3 Å². The fourth-order valence-corrected chi connectivity index (χ4v) is 3.12. The summed E-state index contributed by atoms with van der Waals surface area (Å²) >= 11 is 0. The van der Waals surface area contributed by atoms with Crippen LogP contribution < -0.4 is 4.90 Å². The molecule has 0 saturated carbocycles. The molecular formula is C23H23NO3. The summed E-state index contributed by atoms with van der Waals surface area (Å²) in [5.41, 5.74) is 5.10. The quantitative estimate of drug-likeness (QED) is 0.592. The molecule has 0 bridgehead atoms. The maximum absolute atomic E-state index is 13.2. The molecule has 0 atom stereocenters. The Morgan fingerprint density at radius 2 is 1.52 bits per heavy atom. The second kappa shape index (κ2) is 7.62. The molecule has 0 radical (unpaired) electrons. The van der Waals surface area contributed by atoms with Gasteiger partial charge in [0, 0.05) is 11.4 Å². The molecule has 2 aromatic rings. The maximum Gasteiger partial charge on any atom is 0.340 e. The number of allylic oxidation sites excluding steroid dienone is 1. The Bertz CT molecular complexity index is 935. The zero-order valence-corrected chi connectivity index (χ0v) is 16.1. The lowest BCUT2D eigenvalue weighted by atomic mass is 10.0. The summed E-state index contributed by atoms with van der Waals surface area (Å²) in [6.45, 7) is 7.79. The van der Waals surface area contributed by atoms with Gasteiger partial charge in [-0.2, -0.15) is 0 Å². The van der Waals surface area contributed by atoms with Crippen LogP contribution in [0.1, 0.15) is 30.5 Å². The highest BCUT2D eigenvalue weighted by Gasteiger charge is 2.37. The summed E-state index contributed by atoms with van der Waals surface area (Å²) in [4.78, 5) is 27.4. The van der Waals surface area contributed by atoms with E-state index in [1.807, 2.05) is 62.4 Å². The molecular weight excluding hydrogens is 338 g/mol. The molecule has 0 aliphatic carbocycles. The molecule has 2 aromatic carbocycles. The zero-order valence-electron chi connectivity index (χ0n) is 16.1. The second-order valence-corrected chi connectivity index (χ2v) is 6.63. The fraction of sp³-hybridized carbons (Fsp3) is 0.217. The van der Waals surface area contributed by atoms with Crippen molar-refractivity contribution in [2.75, 3.05) is 11.5 Å². The number of anilines is 1. The summed E-state index contributed by atoms with van der Waals surface area (Å²) in [5, 5.41) is 0. The smallest absolute Gasteiger partial charge is 0.340 e. The number of ether oxygens (including phenoxy) is 1. The van der Waals surface area contributed by atoms with Crippen molar-refractivity contribution in [3.05, 3.63) is 82.1 Å². The van der Waals surface area contributed by atoms with Gasteiger partial charge >= 0.3 is 5.97 Å². The Hall–Kier alpha value is -3.14. The molecule has 0 spiro atoms. The standard InChI is InChI=1S/C23H23NO3/c1-5-27-23(26)21-17(4)24(19-12-8-16(3)9-13-19)22(25)20(21)14-18-10-6-15(2)7-11-18/h6-14H,5H2,1-4H3. The first kappa shape index (κ1) is 18.6. The number of esters is 1. The topological polar surface area (TPSA) is 46.6 Å².